The van der Waals surface area contributed by atoms with Gasteiger partial charge in [-0.25, -0.2) is 0 Å². The average molecular weight is 315 g/mol. The second-order valence-electron chi connectivity index (χ2n) is 7.13. The van der Waals surface area contributed by atoms with Crippen molar-refractivity contribution in [2.24, 2.45) is 0 Å². The van der Waals surface area contributed by atoms with Gasteiger partial charge in [-0.05, 0) is 49.2 Å². The first-order valence-electron chi connectivity index (χ1n) is 8.32. The number of ether oxygens (including phenoxy) is 1. The number of hydrogen-bond acceptors (Lipinski definition) is 2. The van der Waals surface area contributed by atoms with E-state index in [1.54, 1.807) is 0 Å². The molecule has 0 atom stereocenters. The van der Waals surface area contributed by atoms with Crippen LogP contribution in [0.2, 0.25) is 0 Å². The zero-order chi connectivity index (χ0) is 16.9. The minimum atomic E-state index is -0.101. The number of aromatic nitrogens is 1. The lowest BCUT2D eigenvalue weighted by Gasteiger charge is -2.35. The number of rotatable bonds is 1. The summed E-state index contributed by atoms with van der Waals surface area (Å²) in [6.45, 7) is 8.70. The minimum Gasteiger partial charge on any atom is -0.456 e. The fourth-order valence-corrected chi connectivity index (χ4v) is 3.51. The summed E-state index contributed by atoms with van der Waals surface area (Å²) in [6, 6.07) is 16.9. The molecule has 0 spiro atoms. The summed E-state index contributed by atoms with van der Waals surface area (Å²) in [5.74, 6) is 1.88. The van der Waals surface area contributed by atoms with Crippen molar-refractivity contribution in [2.45, 2.75) is 33.1 Å². The van der Waals surface area contributed by atoms with Crippen LogP contribution >= 0.6 is 0 Å². The molecular formula is C22H21NO. The molecule has 2 nitrogen and oxygen atoms in total. The molecule has 0 fully saturated rings. The number of fused-ring (bicyclic) bond motifs is 2. The van der Waals surface area contributed by atoms with Gasteiger partial charge in [-0.2, -0.15) is 0 Å². The van der Waals surface area contributed by atoms with Gasteiger partial charge in [0.1, 0.15) is 11.5 Å². The van der Waals surface area contributed by atoms with E-state index in [1.807, 2.05) is 12.3 Å². The molecular weight excluding hydrogens is 294 g/mol. The SMILES string of the molecule is Cc1ccnc(-c2cccc3c2Oc2cc(C)ccc2C3(C)C)c1. The Morgan fingerprint density at radius 1 is 0.875 bits per heavy atom. The van der Waals surface area contributed by atoms with E-state index in [0.29, 0.717) is 0 Å². The quantitative estimate of drug-likeness (QED) is 0.566. The standard InChI is InChI=1S/C22H21NO/c1-14-8-9-17-20(13-14)24-21-16(19-12-15(2)10-11-23-19)6-5-7-18(21)22(17,3)4/h5-13H,1-4H3. The predicted molar refractivity (Wildman–Crippen MR) is 97.8 cm³/mol. The van der Waals surface area contributed by atoms with Crippen molar-refractivity contribution >= 4 is 0 Å². The molecule has 0 N–H and O–H groups in total. The first kappa shape index (κ1) is 14.9. The van der Waals surface area contributed by atoms with Crippen molar-refractivity contribution in [3.05, 3.63) is 77.0 Å². The van der Waals surface area contributed by atoms with Crippen LogP contribution in [0.1, 0.15) is 36.1 Å². The van der Waals surface area contributed by atoms with Crippen LogP contribution in [-0.4, -0.2) is 4.98 Å². The van der Waals surface area contributed by atoms with Crippen LogP contribution in [0, 0.1) is 13.8 Å². The molecule has 2 heterocycles. The number of pyridine rings is 1. The van der Waals surface area contributed by atoms with Crippen molar-refractivity contribution in [2.75, 3.05) is 0 Å². The van der Waals surface area contributed by atoms with Gasteiger partial charge in [0.2, 0.25) is 0 Å². The first-order chi connectivity index (χ1) is 11.5. The summed E-state index contributed by atoms with van der Waals surface area (Å²) >= 11 is 0. The van der Waals surface area contributed by atoms with E-state index in [2.05, 4.69) is 75.1 Å². The fraction of sp³-hybridized carbons (Fsp3) is 0.227. The Hall–Kier alpha value is -2.61. The van der Waals surface area contributed by atoms with Crippen LogP contribution < -0.4 is 4.74 Å². The highest BCUT2D eigenvalue weighted by atomic mass is 16.5. The summed E-state index contributed by atoms with van der Waals surface area (Å²) in [7, 11) is 0. The van der Waals surface area contributed by atoms with Gasteiger partial charge < -0.3 is 4.74 Å². The van der Waals surface area contributed by atoms with Gasteiger partial charge in [0.05, 0.1) is 5.69 Å². The maximum absolute atomic E-state index is 6.38. The zero-order valence-electron chi connectivity index (χ0n) is 14.6. The Balaban J connectivity index is 1.96. The van der Waals surface area contributed by atoms with E-state index >= 15 is 0 Å². The van der Waals surface area contributed by atoms with E-state index in [1.165, 1.54) is 22.3 Å². The minimum absolute atomic E-state index is 0.101. The third-order valence-electron chi connectivity index (χ3n) is 4.90. The van der Waals surface area contributed by atoms with Gasteiger partial charge in [-0.1, -0.05) is 38.1 Å². The molecule has 0 radical (unpaired) electrons. The van der Waals surface area contributed by atoms with Gasteiger partial charge in [-0.15, -0.1) is 0 Å². The largest absolute Gasteiger partial charge is 0.456 e. The third-order valence-corrected chi connectivity index (χ3v) is 4.90. The Kier molecular flexibility index (Phi) is 3.24. The summed E-state index contributed by atoms with van der Waals surface area (Å²) in [5.41, 5.74) is 6.75. The van der Waals surface area contributed by atoms with E-state index in [4.69, 9.17) is 4.74 Å². The lowest BCUT2D eigenvalue weighted by Crippen LogP contribution is -2.24. The smallest absolute Gasteiger partial charge is 0.140 e. The predicted octanol–water partition coefficient (Wildman–Crippen LogP) is 5.80. The molecule has 0 aliphatic carbocycles. The highest BCUT2D eigenvalue weighted by Gasteiger charge is 2.35. The van der Waals surface area contributed by atoms with E-state index in [0.717, 1.165) is 22.8 Å². The number of benzene rings is 2. The van der Waals surface area contributed by atoms with Crippen LogP contribution in [0.25, 0.3) is 11.3 Å². The lowest BCUT2D eigenvalue weighted by atomic mass is 9.75. The van der Waals surface area contributed by atoms with Crippen LogP contribution in [0.3, 0.4) is 0 Å². The molecule has 0 unspecified atom stereocenters. The number of nitrogens with zero attached hydrogens (tertiary/aromatic N) is 1. The molecule has 1 aliphatic heterocycles. The van der Waals surface area contributed by atoms with Gasteiger partial charge >= 0.3 is 0 Å². The maximum Gasteiger partial charge on any atom is 0.140 e. The van der Waals surface area contributed by atoms with Crippen LogP contribution in [0.5, 0.6) is 11.5 Å². The molecule has 2 heteroatoms. The van der Waals surface area contributed by atoms with Gasteiger partial charge in [0.15, 0.2) is 0 Å². The second kappa shape index (κ2) is 5.20. The number of para-hydroxylation sites is 1. The molecule has 0 saturated carbocycles. The molecule has 2 aromatic carbocycles. The highest BCUT2D eigenvalue weighted by Crippen LogP contribution is 2.51. The molecule has 1 aliphatic rings. The summed E-state index contributed by atoms with van der Waals surface area (Å²) in [4.78, 5) is 4.56. The van der Waals surface area contributed by atoms with Crippen molar-refractivity contribution in [3.63, 3.8) is 0 Å². The molecule has 0 amide bonds. The summed E-state index contributed by atoms with van der Waals surface area (Å²) in [5, 5.41) is 0. The topological polar surface area (TPSA) is 22.1 Å². The fourth-order valence-electron chi connectivity index (χ4n) is 3.51. The van der Waals surface area contributed by atoms with Crippen molar-refractivity contribution < 1.29 is 4.74 Å². The molecule has 4 rings (SSSR count). The molecule has 3 aromatic rings. The monoisotopic (exact) mass is 315 g/mol. The maximum atomic E-state index is 6.38. The zero-order valence-corrected chi connectivity index (χ0v) is 14.6. The van der Waals surface area contributed by atoms with Crippen molar-refractivity contribution in [1.82, 2.24) is 4.98 Å². The van der Waals surface area contributed by atoms with Gasteiger partial charge in [0.25, 0.3) is 0 Å². The molecule has 120 valence electrons. The van der Waals surface area contributed by atoms with E-state index in [9.17, 15) is 0 Å². The van der Waals surface area contributed by atoms with Gasteiger partial charge in [-0.3, -0.25) is 4.98 Å². The third kappa shape index (κ3) is 2.22. The molecule has 0 bridgehead atoms. The van der Waals surface area contributed by atoms with E-state index < -0.39 is 0 Å². The summed E-state index contributed by atoms with van der Waals surface area (Å²) in [6.07, 6.45) is 1.86. The van der Waals surface area contributed by atoms with Crippen LogP contribution in [0.15, 0.2) is 54.7 Å². The second-order valence-corrected chi connectivity index (χ2v) is 7.13. The molecule has 24 heavy (non-hydrogen) atoms. The number of hydrogen-bond donors (Lipinski definition) is 0. The Bertz CT molecular complexity index is 940. The average Bonchev–Trinajstić information content (AvgIpc) is 2.54. The van der Waals surface area contributed by atoms with Crippen LogP contribution in [0.4, 0.5) is 0 Å². The van der Waals surface area contributed by atoms with Crippen molar-refractivity contribution in [1.29, 1.82) is 0 Å². The van der Waals surface area contributed by atoms with E-state index in [-0.39, 0.29) is 5.41 Å². The Morgan fingerprint density at radius 3 is 2.46 bits per heavy atom. The van der Waals surface area contributed by atoms with Gasteiger partial charge in [0, 0.05) is 28.3 Å². The lowest BCUT2D eigenvalue weighted by molar-refractivity contribution is 0.419. The normalized spacial score (nSPS) is 14.5. The molecule has 0 saturated heterocycles. The Morgan fingerprint density at radius 2 is 1.67 bits per heavy atom. The number of aryl methyl sites for hydroxylation is 2. The van der Waals surface area contributed by atoms with Crippen LogP contribution in [-0.2, 0) is 5.41 Å². The Labute approximate surface area is 143 Å². The summed E-state index contributed by atoms with van der Waals surface area (Å²) < 4.78 is 6.38. The first-order valence-corrected chi connectivity index (χ1v) is 8.32. The highest BCUT2D eigenvalue weighted by molar-refractivity contribution is 5.74. The molecule has 1 aromatic heterocycles. The van der Waals surface area contributed by atoms with Crippen molar-refractivity contribution in [3.8, 4) is 22.8 Å².